The summed E-state index contributed by atoms with van der Waals surface area (Å²) in [5.74, 6) is -1.04. The van der Waals surface area contributed by atoms with E-state index in [1.54, 1.807) is 35.1 Å². The summed E-state index contributed by atoms with van der Waals surface area (Å²) in [5.41, 5.74) is 0.379. The van der Waals surface area contributed by atoms with E-state index in [1.807, 2.05) is 44.2 Å². The lowest BCUT2D eigenvalue weighted by atomic mass is 9.63. The van der Waals surface area contributed by atoms with Crippen molar-refractivity contribution in [2.75, 3.05) is 11.9 Å². The van der Waals surface area contributed by atoms with Gasteiger partial charge in [-0.25, -0.2) is 0 Å². The third kappa shape index (κ3) is 6.36. The molecule has 0 aliphatic carbocycles. The van der Waals surface area contributed by atoms with Crippen LogP contribution in [0.15, 0.2) is 60.8 Å². The lowest BCUT2D eigenvalue weighted by molar-refractivity contribution is -0.139. The van der Waals surface area contributed by atoms with E-state index in [9.17, 15) is 10.1 Å². The molecule has 2 aliphatic rings. The lowest BCUT2D eigenvalue weighted by Gasteiger charge is -2.37. The molecule has 1 amide bonds. The third-order valence-corrected chi connectivity index (χ3v) is 8.40. The fourth-order valence-electron chi connectivity index (χ4n) is 6.25. The average Bonchev–Trinajstić information content (AvgIpc) is 3.59. The van der Waals surface area contributed by atoms with Gasteiger partial charge in [-0.3, -0.25) is 9.48 Å². The molecule has 2 aromatic carbocycles. The molecule has 42 heavy (non-hydrogen) atoms. The highest BCUT2D eigenvalue weighted by Crippen LogP contribution is 2.51. The van der Waals surface area contributed by atoms with E-state index in [-0.39, 0.29) is 23.5 Å². The van der Waals surface area contributed by atoms with E-state index in [1.165, 1.54) is 0 Å². The van der Waals surface area contributed by atoms with Crippen molar-refractivity contribution >= 4 is 34.9 Å². The summed E-state index contributed by atoms with van der Waals surface area (Å²) in [6.07, 6.45) is 2.32. The molecular formula is C32H37Cl2N5O3. The van der Waals surface area contributed by atoms with Crippen LogP contribution in [-0.2, 0) is 26.2 Å². The van der Waals surface area contributed by atoms with Gasteiger partial charge in [0, 0.05) is 34.3 Å². The maximum absolute atomic E-state index is 14.1. The molecule has 3 aromatic rings. The Kier molecular flexibility index (Phi) is 8.45. The molecule has 0 bridgehead atoms. The summed E-state index contributed by atoms with van der Waals surface area (Å²) < 4.78 is 13.3. The molecule has 0 spiro atoms. The van der Waals surface area contributed by atoms with Gasteiger partial charge in [-0.15, -0.1) is 0 Å². The Hall–Kier alpha value is -2.93. The highest BCUT2D eigenvalue weighted by atomic mass is 35.5. The van der Waals surface area contributed by atoms with Crippen molar-refractivity contribution in [2.24, 2.45) is 5.41 Å². The number of nitrogens with zero attached hydrogens (tertiary/aromatic N) is 3. The van der Waals surface area contributed by atoms with Crippen LogP contribution in [0.2, 0.25) is 10.0 Å². The Morgan fingerprint density at radius 2 is 1.90 bits per heavy atom. The quantitative estimate of drug-likeness (QED) is 0.326. The van der Waals surface area contributed by atoms with Crippen LogP contribution in [0.1, 0.15) is 58.1 Å². The Labute approximate surface area is 257 Å². The molecule has 222 valence electrons. The van der Waals surface area contributed by atoms with E-state index in [0.29, 0.717) is 35.4 Å². The molecule has 5 rings (SSSR count). The highest BCUT2D eigenvalue weighted by Gasteiger charge is 2.59. The number of nitriles is 1. The van der Waals surface area contributed by atoms with Gasteiger partial charge in [-0.2, -0.15) is 10.4 Å². The average molecular weight is 611 g/mol. The molecule has 0 radical (unpaired) electrons. The first kappa shape index (κ1) is 30.5. The number of benzene rings is 2. The first-order valence-electron chi connectivity index (χ1n) is 14.1. The van der Waals surface area contributed by atoms with Gasteiger partial charge in [0.05, 0.1) is 25.3 Å². The van der Waals surface area contributed by atoms with Gasteiger partial charge in [-0.05, 0) is 61.1 Å². The Morgan fingerprint density at radius 3 is 2.52 bits per heavy atom. The van der Waals surface area contributed by atoms with E-state index >= 15 is 0 Å². The minimum Gasteiger partial charge on any atom is -0.348 e. The molecule has 0 saturated carbocycles. The standard InChI is InChI=1S/C32H37Cl2N5O3/c1-30(2,3)16-25-32(19-35,21-9-11-22(33)12-10-21)27(20-7-6-8-23(34)15-20)28(36-25)29(40)37-26-13-14-39(38-26)17-24-18-41-31(4,5)42-24/h6-15,24-25,27-28,36H,16-18H2,1-5H3,(H,37,38,40)/t24-,25+,27+,28-,32+/m1/s1. The number of rotatable bonds is 7. The molecule has 2 saturated heterocycles. The molecule has 1 aromatic heterocycles. The zero-order valence-corrected chi connectivity index (χ0v) is 26.0. The molecule has 3 heterocycles. The van der Waals surface area contributed by atoms with Crippen molar-refractivity contribution in [2.45, 2.75) is 82.9 Å². The van der Waals surface area contributed by atoms with Crippen LogP contribution in [0, 0.1) is 16.7 Å². The number of halogens is 2. The second kappa shape index (κ2) is 11.6. The fraction of sp³-hybridized carbons (Fsp3) is 0.469. The molecule has 2 aliphatic heterocycles. The van der Waals surface area contributed by atoms with Gasteiger partial charge in [0.2, 0.25) is 5.91 Å². The van der Waals surface area contributed by atoms with Crippen molar-refractivity contribution in [1.82, 2.24) is 15.1 Å². The van der Waals surface area contributed by atoms with Gasteiger partial charge in [0.1, 0.15) is 11.5 Å². The number of anilines is 1. The van der Waals surface area contributed by atoms with Crippen molar-refractivity contribution in [3.63, 3.8) is 0 Å². The van der Waals surface area contributed by atoms with Crippen molar-refractivity contribution < 1.29 is 14.3 Å². The van der Waals surface area contributed by atoms with Crippen LogP contribution >= 0.6 is 23.2 Å². The van der Waals surface area contributed by atoms with Crippen LogP contribution in [0.5, 0.6) is 0 Å². The molecule has 2 N–H and O–H groups in total. The SMILES string of the molecule is CC(C)(C)C[C@@H]1N[C@@H](C(=O)Nc2ccn(C[C@@H]3COC(C)(C)O3)n2)[C@H](c2cccc(Cl)c2)[C@@]1(C#N)c1ccc(Cl)cc1. The minimum absolute atomic E-state index is 0.129. The van der Waals surface area contributed by atoms with E-state index < -0.39 is 23.2 Å². The van der Waals surface area contributed by atoms with Gasteiger partial charge in [0.25, 0.3) is 0 Å². The van der Waals surface area contributed by atoms with Crippen molar-refractivity contribution in [1.29, 1.82) is 5.26 Å². The maximum atomic E-state index is 14.1. The molecule has 2 fully saturated rings. The largest absolute Gasteiger partial charge is 0.348 e. The third-order valence-electron chi connectivity index (χ3n) is 7.92. The van der Waals surface area contributed by atoms with Gasteiger partial charge in [-0.1, -0.05) is 68.2 Å². The Bertz CT molecular complexity index is 1480. The van der Waals surface area contributed by atoms with E-state index in [4.69, 9.17) is 32.7 Å². The lowest BCUT2D eigenvalue weighted by Crippen LogP contribution is -2.44. The summed E-state index contributed by atoms with van der Waals surface area (Å²) in [7, 11) is 0. The van der Waals surface area contributed by atoms with E-state index in [0.717, 1.165) is 11.1 Å². The monoisotopic (exact) mass is 609 g/mol. The summed E-state index contributed by atoms with van der Waals surface area (Å²) in [4.78, 5) is 14.1. The minimum atomic E-state index is -1.09. The molecular weight excluding hydrogens is 573 g/mol. The number of nitrogens with one attached hydrogen (secondary N) is 2. The van der Waals surface area contributed by atoms with Gasteiger partial charge >= 0.3 is 0 Å². The summed E-state index contributed by atoms with van der Waals surface area (Å²) >= 11 is 12.7. The first-order chi connectivity index (χ1) is 19.8. The predicted octanol–water partition coefficient (Wildman–Crippen LogP) is 6.30. The molecule has 5 atom stereocenters. The van der Waals surface area contributed by atoms with Gasteiger partial charge in [0.15, 0.2) is 11.6 Å². The van der Waals surface area contributed by atoms with Crippen LogP contribution in [0.3, 0.4) is 0 Å². The van der Waals surface area contributed by atoms with E-state index in [2.05, 4.69) is 42.6 Å². The number of amides is 1. The summed E-state index contributed by atoms with van der Waals surface area (Å²) in [6, 6.07) is 18.1. The Morgan fingerprint density at radius 1 is 1.17 bits per heavy atom. The van der Waals surface area contributed by atoms with Crippen LogP contribution in [0.25, 0.3) is 0 Å². The number of aromatic nitrogens is 2. The highest BCUT2D eigenvalue weighted by molar-refractivity contribution is 6.30. The number of hydrogen-bond donors (Lipinski definition) is 2. The second-order valence-electron chi connectivity index (χ2n) is 12.8. The number of carbonyl (C=O) groups excluding carboxylic acids is 1. The van der Waals surface area contributed by atoms with Crippen molar-refractivity contribution in [3.05, 3.63) is 82.0 Å². The van der Waals surface area contributed by atoms with Crippen LogP contribution in [0.4, 0.5) is 5.82 Å². The fourth-order valence-corrected chi connectivity index (χ4v) is 6.58. The van der Waals surface area contributed by atoms with Crippen molar-refractivity contribution in [3.8, 4) is 6.07 Å². The predicted molar refractivity (Wildman–Crippen MR) is 163 cm³/mol. The van der Waals surface area contributed by atoms with Crippen LogP contribution in [-0.4, -0.2) is 46.3 Å². The summed E-state index contributed by atoms with van der Waals surface area (Å²) in [5, 5.41) is 23.3. The normalized spacial score (nSPS) is 27.1. The number of carbonyl (C=O) groups is 1. The second-order valence-corrected chi connectivity index (χ2v) is 13.7. The molecule has 8 nitrogen and oxygen atoms in total. The number of ether oxygens (including phenoxy) is 2. The first-order valence-corrected chi connectivity index (χ1v) is 14.9. The Balaban J connectivity index is 1.50. The topological polar surface area (TPSA) is 101 Å². The zero-order valence-electron chi connectivity index (χ0n) is 24.5. The smallest absolute Gasteiger partial charge is 0.243 e. The molecule has 0 unspecified atom stereocenters. The zero-order chi connectivity index (χ0) is 30.3. The number of hydrogen-bond acceptors (Lipinski definition) is 6. The van der Waals surface area contributed by atoms with Gasteiger partial charge < -0.3 is 20.1 Å². The summed E-state index contributed by atoms with van der Waals surface area (Å²) in [6.45, 7) is 11.1. The maximum Gasteiger partial charge on any atom is 0.243 e. The van der Waals surface area contributed by atoms with Crippen LogP contribution < -0.4 is 10.6 Å². The molecule has 10 heteroatoms.